The van der Waals surface area contributed by atoms with Crippen LogP contribution >= 0.6 is 0 Å². The average molecular weight is 166 g/mol. The fourth-order valence-electron chi connectivity index (χ4n) is 0.245. The van der Waals surface area contributed by atoms with Crippen LogP contribution < -0.4 is 0 Å². The van der Waals surface area contributed by atoms with Gasteiger partial charge < -0.3 is 4.18 Å². The van der Waals surface area contributed by atoms with Crippen LogP contribution in [0.3, 0.4) is 0 Å². The Hall–Kier alpha value is -0.580. The van der Waals surface area contributed by atoms with E-state index in [0.29, 0.717) is 0 Å². The van der Waals surface area contributed by atoms with Gasteiger partial charge in [-0.3, -0.25) is 4.79 Å². The van der Waals surface area contributed by atoms with Gasteiger partial charge in [0.05, 0.1) is 12.2 Å². The Bertz CT molecular complexity index is 214. The first-order chi connectivity index (χ1) is 4.33. The highest BCUT2D eigenvalue weighted by Gasteiger charge is 2.13. The highest BCUT2D eigenvalue weighted by molar-refractivity contribution is 7.86. The van der Waals surface area contributed by atoms with Crippen LogP contribution in [0.2, 0.25) is 0 Å². The Kier molecular flexibility index (Phi) is 2.83. The lowest BCUT2D eigenvalue weighted by Gasteiger charge is -2.02. The number of rotatable bonds is 2. The van der Waals surface area contributed by atoms with Gasteiger partial charge in [0, 0.05) is 0 Å². The maximum atomic E-state index is 10.6. The molecule has 4 nitrogen and oxygen atoms in total. The SMILES string of the molecule is CC(C)C(=O)OS(C)(=O)=O. The van der Waals surface area contributed by atoms with Crippen molar-refractivity contribution in [1.82, 2.24) is 0 Å². The molecule has 5 heteroatoms. The topological polar surface area (TPSA) is 60.4 Å². The first-order valence-electron chi connectivity index (χ1n) is 2.76. The summed E-state index contributed by atoms with van der Waals surface area (Å²) in [5.74, 6) is -1.13. The van der Waals surface area contributed by atoms with Gasteiger partial charge in [0.2, 0.25) is 0 Å². The fraction of sp³-hybridized carbons (Fsp3) is 0.800. The highest BCUT2D eigenvalue weighted by atomic mass is 32.2. The van der Waals surface area contributed by atoms with Crippen LogP contribution in [0.25, 0.3) is 0 Å². The predicted octanol–water partition coefficient (Wildman–Crippen LogP) is 0.145. The van der Waals surface area contributed by atoms with Gasteiger partial charge in [0.1, 0.15) is 0 Å². The number of carbonyl (C=O) groups is 1. The molecule has 0 aliphatic heterocycles. The van der Waals surface area contributed by atoms with Crippen molar-refractivity contribution < 1.29 is 17.4 Å². The van der Waals surface area contributed by atoms with Gasteiger partial charge in [0.25, 0.3) is 0 Å². The summed E-state index contributed by atoms with van der Waals surface area (Å²) >= 11 is 0. The van der Waals surface area contributed by atoms with Gasteiger partial charge in [-0.25, -0.2) is 0 Å². The molecule has 0 aliphatic rings. The first-order valence-corrected chi connectivity index (χ1v) is 4.58. The third kappa shape index (κ3) is 4.31. The number of hydrogen-bond donors (Lipinski definition) is 0. The van der Waals surface area contributed by atoms with Crippen molar-refractivity contribution in [2.24, 2.45) is 5.92 Å². The summed E-state index contributed by atoms with van der Waals surface area (Å²) in [6.45, 7) is 3.13. The molecular weight excluding hydrogens is 156 g/mol. The summed E-state index contributed by atoms with van der Waals surface area (Å²) in [6.07, 6.45) is 0.841. The molecular formula is C5H10O4S. The van der Waals surface area contributed by atoms with Gasteiger partial charge >= 0.3 is 16.1 Å². The lowest BCUT2D eigenvalue weighted by molar-refractivity contribution is -0.137. The molecule has 0 amide bonds. The molecule has 0 rings (SSSR count). The zero-order valence-corrected chi connectivity index (χ0v) is 6.94. The molecule has 0 aromatic rings. The quantitative estimate of drug-likeness (QED) is 0.548. The van der Waals surface area contributed by atoms with Crippen LogP contribution in [0.15, 0.2) is 0 Å². The third-order valence-electron chi connectivity index (χ3n) is 0.705. The second kappa shape index (κ2) is 3.01. The van der Waals surface area contributed by atoms with Crippen molar-refractivity contribution in [1.29, 1.82) is 0 Å². The van der Waals surface area contributed by atoms with Crippen LogP contribution in [-0.4, -0.2) is 20.6 Å². The van der Waals surface area contributed by atoms with Crippen LogP contribution in [0.5, 0.6) is 0 Å². The lowest BCUT2D eigenvalue weighted by Crippen LogP contribution is -2.16. The summed E-state index contributed by atoms with van der Waals surface area (Å²) in [5.41, 5.74) is 0. The van der Waals surface area contributed by atoms with Crippen LogP contribution in [-0.2, 0) is 19.1 Å². The molecule has 0 radical (unpaired) electrons. The van der Waals surface area contributed by atoms with E-state index in [9.17, 15) is 13.2 Å². The zero-order valence-electron chi connectivity index (χ0n) is 6.12. The lowest BCUT2D eigenvalue weighted by atomic mass is 10.2. The zero-order chi connectivity index (χ0) is 8.36. The Morgan fingerprint density at radius 1 is 1.40 bits per heavy atom. The van der Waals surface area contributed by atoms with Crippen molar-refractivity contribution >= 4 is 16.1 Å². The molecule has 10 heavy (non-hydrogen) atoms. The second-order valence-electron chi connectivity index (χ2n) is 2.26. The average Bonchev–Trinajstić information content (AvgIpc) is 1.60. The van der Waals surface area contributed by atoms with E-state index in [-0.39, 0.29) is 0 Å². The first kappa shape index (κ1) is 9.42. The van der Waals surface area contributed by atoms with E-state index in [1.807, 2.05) is 0 Å². The van der Waals surface area contributed by atoms with E-state index in [1.165, 1.54) is 0 Å². The predicted molar refractivity (Wildman–Crippen MR) is 35.8 cm³/mol. The minimum atomic E-state index is -3.62. The minimum Gasteiger partial charge on any atom is -0.346 e. The van der Waals surface area contributed by atoms with Gasteiger partial charge in [-0.05, 0) is 0 Å². The van der Waals surface area contributed by atoms with E-state index < -0.39 is 22.0 Å². The highest BCUT2D eigenvalue weighted by Crippen LogP contribution is 1.98. The molecule has 0 saturated carbocycles. The molecule has 0 unspecified atom stereocenters. The maximum absolute atomic E-state index is 10.6. The van der Waals surface area contributed by atoms with Gasteiger partial charge in [-0.2, -0.15) is 8.42 Å². The maximum Gasteiger partial charge on any atom is 0.324 e. The molecule has 60 valence electrons. The molecule has 0 atom stereocenters. The summed E-state index contributed by atoms with van der Waals surface area (Å²) in [7, 11) is -3.62. The van der Waals surface area contributed by atoms with E-state index in [4.69, 9.17) is 0 Å². The Morgan fingerprint density at radius 2 is 1.80 bits per heavy atom. The van der Waals surface area contributed by atoms with Crippen molar-refractivity contribution in [3.05, 3.63) is 0 Å². The molecule has 0 heterocycles. The van der Waals surface area contributed by atoms with Crippen molar-refractivity contribution in [2.45, 2.75) is 13.8 Å². The molecule has 0 aromatic heterocycles. The summed E-state index contributed by atoms with van der Waals surface area (Å²) < 4.78 is 24.6. The summed E-state index contributed by atoms with van der Waals surface area (Å²) in [5, 5.41) is 0. The standard InChI is InChI=1S/C5H10O4S/c1-4(2)5(6)9-10(3,7)8/h4H,1-3H3. The van der Waals surface area contributed by atoms with Gasteiger partial charge in [0.15, 0.2) is 0 Å². The Labute approximate surface area is 60.3 Å². The largest absolute Gasteiger partial charge is 0.346 e. The van der Waals surface area contributed by atoms with Gasteiger partial charge in [-0.1, -0.05) is 13.8 Å². The second-order valence-corrected chi connectivity index (χ2v) is 3.84. The van der Waals surface area contributed by atoms with Crippen LogP contribution in [0.4, 0.5) is 0 Å². The van der Waals surface area contributed by atoms with E-state index >= 15 is 0 Å². The molecule has 0 fully saturated rings. The molecule has 0 saturated heterocycles. The number of hydrogen-bond acceptors (Lipinski definition) is 4. The molecule has 0 aromatic carbocycles. The normalized spacial score (nSPS) is 11.6. The Morgan fingerprint density at radius 3 is 1.90 bits per heavy atom. The number of carbonyl (C=O) groups excluding carboxylic acids is 1. The van der Waals surface area contributed by atoms with Crippen molar-refractivity contribution in [2.75, 3.05) is 6.26 Å². The Balaban J connectivity index is 4.07. The summed E-state index contributed by atoms with van der Waals surface area (Å²) in [6, 6.07) is 0. The molecule has 0 N–H and O–H groups in total. The van der Waals surface area contributed by atoms with Crippen molar-refractivity contribution in [3.63, 3.8) is 0 Å². The summed E-state index contributed by atoms with van der Waals surface area (Å²) in [4.78, 5) is 10.6. The fourth-order valence-corrected chi connectivity index (χ4v) is 0.736. The molecule has 0 bridgehead atoms. The molecule has 0 aliphatic carbocycles. The molecule has 0 spiro atoms. The van der Waals surface area contributed by atoms with E-state index in [2.05, 4.69) is 4.18 Å². The van der Waals surface area contributed by atoms with Gasteiger partial charge in [-0.15, -0.1) is 0 Å². The van der Waals surface area contributed by atoms with E-state index in [0.717, 1.165) is 6.26 Å². The smallest absolute Gasteiger partial charge is 0.324 e. The monoisotopic (exact) mass is 166 g/mol. The third-order valence-corrected chi connectivity index (χ3v) is 1.17. The van der Waals surface area contributed by atoms with Crippen molar-refractivity contribution in [3.8, 4) is 0 Å². The van der Waals surface area contributed by atoms with Crippen LogP contribution in [0.1, 0.15) is 13.8 Å². The minimum absolute atomic E-state index is 0.408. The van der Waals surface area contributed by atoms with Crippen LogP contribution in [0, 0.1) is 5.92 Å². The van der Waals surface area contributed by atoms with E-state index in [1.54, 1.807) is 13.8 Å².